The molecular weight excluding hydrogens is 284 g/mol. The second-order valence-electron chi connectivity index (χ2n) is 6.11. The lowest BCUT2D eigenvalue weighted by atomic mass is 9.91. The summed E-state index contributed by atoms with van der Waals surface area (Å²) in [6.07, 6.45) is 2.39. The van der Waals surface area contributed by atoms with E-state index in [1.807, 2.05) is 45.9 Å². The molecule has 1 aliphatic rings. The molecule has 1 atom stereocenters. The first kappa shape index (κ1) is 16.0. The molecule has 0 bridgehead atoms. The van der Waals surface area contributed by atoms with Gasteiger partial charge in [0.2, 0.25) is 5.12 Å². The van der Waals surface area contributed by atoms with Crippen molar-refractivity contribution in [3.05, 3.63) is 34.4 Å². The summed E-state index contributed by atoms with van der Waals surface area (Å²) in [7, 11) is -1.36. The molecule has 3 nitrogen and oxygen atoms in total. The van der Waals surface area contributed by atoms with Gasteiger partial charge in [-0.05, 0) is 53.2 Å². The molecular formula is C17H22O3S. The van der Waals surface area contributed by atoms with Crippen LogP contribution in [0.3, 0.4) is 0 Å². The van der Waals surface area contributed by atoms with Gasteiger partial charge in [-0.15, -0.1) is 0 Å². The molecule has 0 spiro atoms. The van der Waals surface area contributed by atoms with E-state index < -0.39 is 10.8 Å². The topological polar surface area (TPSA) is 54.4 Å². The summed E-state index contributed by atoms with van der Waals surface area (Å²) >= 11 is 0. The minimum absolute atomic E-state index is 0.203. The quantitative estimate of drug-likeness (QED) is 0.866. The second-order valence-corrected chi connectivity index (χ2v) is 7.58. The Kier molecular flexibility index (Phi) is 4.67. The van der Waals surface area contributed by atoms with Crippen molar-refractivity contribution in [3.63, 3.8) is 0 Å². The Morgan fingerprint density at radius 1 is 1.14 bits per heavy atom. The lowest BCUT2D eigenvalue weighted by Crippen LogP contribution is -2.00. The molecule has 114 valence electrons. The zero-order valence-corrected chi connectivity index (χ0v) is 13.8. The molecule has 0 aliphatic carbocycles. The van der Waals surface area contributed by atoms with Crippen molar-refractivity contribution in [2.24, 2.45) is 0 Å². The van der Waals surface area contributed by atoms with E-state index in [2.05, 4.69) is 0 Å². The van der Waals surface area contributed by atoms with Gasteiger partial charge in [0.15, 0.2) is 0 Å². The summed E-state index contributed by atoms with van der Waals surface area (Å²) in [6, 6.07) is 3.85. The molecule has 1 aliphatic heterocycles. The standard InChI is InChI=1S/C17H22O3S/c1-10(2)14-8-12(9-15(11(3)4)16(14)18)7-13-5-6-21(20)17(13)19/h7-11,18H,5-6H2,1-4H3/b13-7+. The molecule has 1 fully saturated rings. The second kappa shape index (κ2) is 6.14. The van der Waals surface area contributed by atoms with Crippen LogP contribution in [0.4, 0.5) is 0 Å². The number of carbonyl (C=O) groups excluding carboxylic acids is 1. The summed E-state index contributed by atoms with van der Waals surface area (Å²) in [6.45, 7) is 8.13. The zero-order valence-electron chi connectivity index (χ0n) is 13.0. The Labute approximate surface area is 128 Å². The number of hydrogen-bond donors (Lipinski definition) is 1. The van der Waals surface area contributed by atoms with E-state index in [1.165, 1.54) is 0 Å². The predicted octanol–water partition coefficient (Wildman–Crippen LogP) is 3.70. The number of phenolic OH excluding ortho intramolecular Hbond substituents is 1. The van der Waals surface area contributed by atoms with E-state index in [0.29, 0.717) is 23.5 Å². The smallest absolute Gasteiger partial charge is 0.245 e. The maximum Gasteiger partial charge on any atom is 0.245 e. The van der Waals surface area contributed by atoms with Gasteiger partial charge in [0.1, 0.15) is 5.75 Å². The van der Waals surface area contributed by atoms with Crippen LogP contribution < -0.4 is 0 Å². The largest absolute Gasteiger partial charge is 0.507 e. The van der Waals surface area contributed by atoms with Gasteiger partial charge in [-0.1, -0.05) is 27.7 Å². The van der Waals surface area contributed by atoms with Gasteiger partial charge >= 0.3 is 0 Å². The fourth-order valence-corrected chi connectivity index (χ4v) is 3.59. The Balaban J connectivity index is 2.52. The first-order chi connectivity index (χ1) is 9.81. The number of carbonyl (C=O) groups is 1. The van der Waals surface area contributed by atoms with Gasteiger partial charge < -0.3 is 5.11 Å². The molecule has 2 rings (SSSR count). The zero-order chi connectivity index (χ0) is 15.7. The van der Waals surface area contributed by atoms with E-state index in [9.17, 15) is 14.1 Å². The first-order valence-electron chi connectivity index (χ1n) is 7.31. The molecule has 1 unspecified atom stereocenters. The van der Waals surface area contributed by atoms with Crippen LogP contribution in [0.2, 0.25) is 0 Å². The van der Waals surface area contributed by atoms with Crippen molar-refractivity contribution in [1.29, 1.82) is 0 Å². The van der Waals surface area contributed by atoms with Crippen molar-refractivity contribution >= 4 is 22.0 Å². The van der Waals surface area contributed by atoms with Crippen LogP contribution in [0.15, 0.2) is 17.7 Å². The third-order valence-corrected chi connectivity index (χ3v) is 5.05. The highest BCUT2D eigenvalue weighted by Gasteiger charge is 2.25. The minimum atomic E-state index is -1.36. The van der Waals surface area contributed by atoms with Crippen LogP contribution >= 0.6 is 0 Å². The molecule has 1 N–H and O–H groups in total. The Hall–Kier alpha value is -1.42. The van der Waals surface area contributed by atoms with Crippen molar-refractivity contribution in [2.75, 3.05) is 5.75 Å². The molecule has 21 heavy (non-hydrogen) atoms. The van der Waals surface area contributed by atoms with Gasteiger partial charge in [0.05, 0.1) is 10.8 Å². The molecule has 0 radical (unpaired) electrons. The minimum Gasteiger partial charge on any atom is -0.507 e. The molecule has 0 amide bonds. The van der Waals surface area contributed by atoms with Crippen molar-refractivity contribution in [3.8, 4) is 5.75 Å². The van der Waals surface area contributed by atoms with E-state index in [4.69, 9.17) is 0 Å². The average Bonchev–Trinajstić information content (AvgIpc) is 2.71. The molecule has 1 saturated heterocycles. The van der Waals surface area contributed by atoms with Crippen LogP contribution in [0.5, 0.6) is 5.75 Å². The van der Waals surface area contributed by atoms with Crippen LogP contribution in [0.1, 0.15) is 62.6 Å². The Morgan fingerprint density at radius 3 is 2.05 bits per heavy atom. The number of hydrogen-bond acceptors (Lipinski definition) is 3. The van der Waals surface area contributed by atoms with Crippen molar-refractivity contribution < 1.29 is 14.1 Å². The highest BCUT2D eigenvalue weighted by Crippen LogP contribution is 2.35. The van der Waals surface area contributed by atoms with Crippen LogP contribution in [0, 0.1) is 0 Å². The summed E-state index contributed by atoms with van der Waals surface area (Å²) in [5, 5.41) is 10.1. The van der Waals surface area contributed by atoms with Crippen LogP contribution in [-0.4, -0.2) is 20.2 Å². The lowest BCUT2D eigenvalue weighted by Gasteiger charge is -2.16. The van der Waals surface area contributed by atoms with Gasteiger partial charge in [0.25, 0.3) is 0 Å². The van der Waals surface area contributed by atoms with E-state index in [1.54, 1.807) is 0 Å². The molecule has 1 aromatic rings. The third kappa shape index (κ3) is 3.26. The maximum atomic E-state index is 11.8. The Bertz CT molecular complexity index is 598. The molecule has 4 heteroatoms. The van der Waals surface area contributed by atoms with Crippen LogP contribution in [0.25, 0.3) is 6.08 Å². The van der Waals surface area contributed by atoms with E-state index >= 15 is 0 Å². The van der Waals surface area contributed by atoms with E-state index in [-0.39, 0.29) is 17.0 Å². The van der Waals surface area contributed by atoms with Crippen molar-refractivity contribution in [2.45, 2.75) is 46.0 Å². The highest BCUT2D eigenvalue weighted by atomic mass is 32.2. The molecule has 1 heterocycles. The van der Waals surface area contributed by atoms with Gasteiger partial charge in [0, 0.05) is 11.3 Å². The van der Waals surface area contributed by atoms with Gasteiger partial charge in [-0.3, -0.25) is 9.00 Å². The SMILES string of the molecule is CC(C)c1cc(/C=C2\CCS(=O)C2=O)cc(C(C)C)c1O. The maximum absolute atomic E-state index is 11.8. The fourth-order valence-electron chi connectivity index (χ4n) is 2.54. The summed E-state index contributed by atoms with van der Waals surface area (Å²) in [4.78, 5) is 11.8. The van der Waals surface area contributed by atoms with E-state index in [0.717, 1.165) is 16.7 Å². The summed E-state index contributed by atoms with van der Waals surface area (Å²) in [5.74, 6) is 1.18. The van der Waals surface area contributed by atoms with Crippen LogP contribution in [-0.2, 0) is 15.6 Å². The number of aromatic hydroxyl groups is 1. The van der Waals surface area contributed by atoms with Gasteiger partial charge in [-0.25, -0.2) is 0 Å². The first-order valence-corrected chi connectivity index (χ1v) is 8.63. The molecule has 0 saturated carbocycles. The fraction of sp³-hybridized carbons (Fsp3) is 0.471. The average molecular weight is 306 g/mol. The lowest BCUT2D eigenvalue weighted by molar-refractivity contribution is -0.107. The monoisotopic (exact) mass is 306 g/mol. The predicted molar refractivity (Wildman–Crippen MR) is 86.9 cm³/mol. The highest BCUT2D eigenvalue weighted by molar-refractivity contribution is 8.01. The molecule has 0 aromatic heterocycles. The Morgan fingerprint density at radius 2 is 1.67 bits per heavy atom. The van der Waals surface area contributed by atoms with Gasteiger partial charge in [-0.2, -0.15) is 0 Å². The number of phenols is 1. The number of benzene rings is 1. The van der Waals surface area contributed by atoms with Crippen molar-refractivity contribution in [1.82, 2.24) is 0 Å². The summed E-state index contributed by atoms with van der Waals surface area (Å²) in [5.41, 5.74) is 3.31. The third-order valence-electron chi connectivity index (χ3n) is 3.80. The normalized spacial score (nSPS) is 21.0. The summed E-state index contributed by atoms with van der Waals surface area (Å²) < 4.78 is 11.5. The molecule has 1 aromatic carbocycles. The number of rotatable bonds is 3.